The van der Waals surface area contributed by atoms with Gasteiger partial charge in [0.15, 0.2) is 0 Å². The molecule has 0 unspecified atom stereocenters. The first-order valence-corrected chi connectivity index (χ1v) is 4.69. The van der Waals surface area contributed by atoms with E-state index >= 15 is 0 Å². The molecule has 78 valence electrons. The van der Waals surface area contributed by atoms with Gasteiger partial charge in [-0.2, -0.15) is 0 Å². The number of aryl methyl sites for hydroxylation is 1. The van der Waals surface area contributed by atoms with Crippen molar-refractivity contribution in [2.45, 2.75) is 13.5 Å². The molecule has 0 spiro atoms. The lowest BCUT2D eigenvalue weighted by Gasteiger charge is -2.04. The summed E-state index contributed by atoms with van der Waals surface area (Å²) in [5.41, 5.74) is 7.53. The highest BCUT2D eigenvalue weighted by atomic mass is 16.3. The lowest BCUT2D eigenvalue weighted by molar-refractivity contribution is 0.579. The maximum atomic E-state index is 11.5. The molecule has 4 heteroatoms. The Labute approximate surface area is 86.7 Å². The number of pyridine rings is 1. The molecule has 0 aliphatic rings. The van der Waals surface area contributed by atoms with Gasteiger partial charge in [-0.1, -0.05) is 0 Å². The van der Waals surface area contributed by atoms with Crippen LogP contribution in [0.25, 0.3) is 11.5 Å². The van der Waals surface area contributed by atoms with Crippen molar-refractivity contribution in [3.05, 3.63) is 45.9 Å². The summed E-state index contributed by atoms with van der Waals surface area (Å²) >= 11 is 0. The summed E-state index contributed by atoms with van der Waals surface area (Å²) in [5, 5.41) is 0. The van der Waals surface area contributed by atoms with Gasteiger partial charge in [0.2, 0.25) is 0 Å². The number of furan rings is 1. The predicted octanol–water partition coefficient (Wildman–Crippen LogP) is 1.40. The second-order valence-electron chi connectivity index (χ2n) is 3.36. The Bertz CT molecular complexity index is 512. The van der Waals surface area contributed by atoms with E-state index in [1.807, 2.05) is 6.92 Å². The Kier molecular flexibility index (Phi) is 2.43. The van der Waals surface area contributed by atoms with Crippen LogP contribution in [0.4, 0.5) is 0 Å². The molecule has 15 heavy (non-hydrogen) atoms. The van der Waals surface area contributed by atoms with Crippen LogP contribution in [0.1, 0.15) is 11.1 Å². The summed E-state index contributed by atoms with van der Waals surface area (Å²) in [5.74, 6) is 0.660. The van der Waals surface area contributed by atoms with Crippen molar-refractivity contribution < 1.29 is 4.42 Å². The van der Waals surface area contributed by atoms with Crippen LogP contribution in [-0.4, -0.2) is 4.98 Å². The van der Waals surface area contributed by atoms with Crippen LogP contribution in [0.15, 0.2) is 33.7 Å². The highest BCUT2D eigenvalue weighted by molar-refractivity contribution is 5.56. The third-order valence-electron chi connectivity index (χ3n) is 2.30. The Morgan fingerprint density at radius 2 is 2.33 bits per heavy atom. The molecule has 2 rings (SSSR count). The molecule has 4 nitrogen and oxygen atoms in total. The Morgan fingerprint density at radius 1 is 1.53 bits per heavy atom. The fourth-order valence-corrected chi connectivity index (χ4v) is 1.52. The molecular formula is C11H12N2O2. The van der Waals surface area contributed by atoms with Crippen molar-refractivity contribution in [3.63, 3.8) is 0 Å². The summed E-state index contributed by atoms with van der Waals surface area (Å²) < 4.78 is 5.23. The van der Waals surface area contributed by atoms with Crippen molar-refractivity contribution in [3.8, 4) is 11.5 Å². The van der Waals surface area contributed by atoms with Crippen molar-refractivity contribution in [1.29, 1.82) is 0 Å². The maximum absolute atomic E-state index is 11.5. The predicted molar refractivity (Wildman–Crippen MR) is 57.4 cm³/mol. The first-order valence-electron chi connectivity index (χ1n) is 4.69. The second kappa shape index (κ2) is 3.74. The topological polar surface area (TPSA) is 72.0 Å². The van der Waals surface area contributed by atoms with Gasteiger partial charge < -0.3 is 15.1 Å². The number of nitrogens with one attached hydrogen (secondary N) is 1. The largest absolute Gasteiger partial charge is 0.463 e. The summed E-state index contributed by atoms with van der Waals surface area (Å²) in [7, 11) is 0. The van der Waals surface area contributed by atoms with E-state index in [1.54, 1.807) is 24.5 Å². The van der Waals surface area contributed by atoms with Gasteiger partial charge in [0, 0.05) is 12.1 Å². The smallest absolute Gasteiger partial charge is 0.253 e. The van der Waals surface area contributed by atoms with Crippen molar-refractivity contribution >= 4 is 0 Å². The van der Waals surface area contributed by atoms with Crippen molar-refractivity contribution in [1.82, 2.24) is 4.98 Å². The molecule has 0 aromatic carbocycles. The summed E-state index contributed by atoms with van der Waals surface area (Å²) in [6.45, 7) is 2.15. The van der Waals surface area contributed by atoms with E-state index in [2.05, 4.69) is 4.98 Å². The minimum atomic E-state index is -0.158. The number of rotatable bonds is 2. The van der Waals surface area contributed by atoms with E-state index < -0.39 is 0 Å². The molecule has 2 aromatic rings. The van der Waals surface area contributed by atoms with Crippen LogP contribution >= 0.6 is 0 Å². The Hall–Kier alpha value is -1.81. The van der Waals surface area contributed by atoms with Gasteiger partial charge in [-0.15, -0.1) is 0 Å². The van der Waals surface area contributed by atoms with Crippen LogP contribution < -0.4 is 11.3 Å². The van der Waals surface area contributed by atoms with Crippen LogP contribution in [-0.2, 0) is 6.54 Å². The van der Waals surface area contributed by atoms with Gasteiger partial charge in [0.05, 0.1) is 12.0 Å². The monoisotopic (exact) mass is 204 g/mol. The molecule has 0 saturated carbocycles. The average Bonchev–Trinajstić information content (AvgIpc) is 2.74. The third kappa shape index (κ3) is 1.71. The Morgan fingerprint density at radius 3 is 2.93 bits per heavy atom. The quantitative estimate of drug-likeness (QED) is 0.776. The van der Waals surface area contributed by atoms with E-state index in [4.69, 9.17) is 10.2 Å². The molecule has 0 aliphatic carbocycles. The van der Waals surface area contributed by atoms with Crippen molar-refractivity contribution in [2.75, 3.05) is 0 Å². The molecule has 0 fully saturated rings. The zero-order valence-electron chi connectivity index (χ0n) is 8.41. The normalized spacial score (nSPS) is 10.5. The number of hydrogen-bond acceptors (Lipinski definition) is 3. The first-order chi connectivity index (χ1) is 7.22. The summed E-state index contributed by atoms with van der Waals surface area (Å²) in [6, 6.07) is 5.38. The Balaban J connectivity index is 2.60. The van der Waals surface area contributed by atoms with Crippen molar-refractivity contribution in [2.24, 2.45) is 5.73 Å². The standard InChI is InChI=1S/C11H12N2O2/c1-7-5-8(6-12)11(14)13-10(7)9-3-2-4-15-9/h2-5H,6,12H2,1H3,(H,13,14). The lowest BCUT2D eigenvalue weighted by atomic mass is 10.1. The molecule has 0 amide bonds. The summed E-state index contributed by atoms with van der Waals surface area (Å²) in [4.78, 5) is 14.3. The zero-order valence-corrected chi connectivity index (χ0v) is 8.41. The zero-order chi connectivity index (χ0) is 10.8. The van der Waals surface area contributed by atoms with Crippen LogP contribution in [0.3, 0.4) is 0 Å². The number of aromatic amines is 1. The highest BCUT2D eigenvalue weighted by Gasteiger charge is 2.08. The van der Waals surface area contributed by atoms with Gasteiger partial charge >= 0.3 is 0 Å². The lowest BCUT2D eigenvalue weighted by Crippen LogP contribution is -2.17. The van der Waals surface area contributed by atoms with Gasteiger partial charge in [-0.05, 0) is 30.7 Å². The molecule has 0 aliphatic heterocycles. The SMILES string of the molecule is Cc1cc(CN)c(=O)[nH]c1-c1ccco1. The minimum absolute atomic E-state index is 0.158. The van der Waals surface area contributed by atoms with Gasteiger partial charge in [-0.3, -0.25) is 4.79 Å². The van der Waals surface area contributed by atoms with E-state index in [-0.39, 0.29) is 12.1 Å². The highest BCUT2D eigenvalue weighted by Crippen LogP contribution is 2.20. The van der Waals surface area contributed by atoms with Crippen LogP contribution in [0.2, 0.25) is 0 Å². The number of H-pyrrole nitrogens is 1. The van der Waals surface area contributed by atoms with E-state index in [9.17, 15) is 4.79 Å². The summed E-state index contributed by atoms with van der Waals surface area (Å²) in [6.07, 6.45) is 1.57. The third-order valence-corrected chi connectivity index (χ3v) is 2.30. The van der Waals surface area contributed by atoms with Crippen LogP contribution in [0.5, 0.6) is 0 Å². The maximum Gasteiger partial charge on any atom is 0.253 e. The molecule has 0 bridgehead atoms. The van der Waals surface area contributed by atoms with Crippen LogP contribution in [0, 0.1) is 6.92 Å². The molecule has 0 saturated heterocycles. The average molecular weight is 204 g/mol. The fraction of sp³-hybridized carbons (Fsp3) is 0.182. The van der Waals surface area contributed by atoms with Gasteiger partial charge in [-0.25, -0.2) is 0 Å². The van der Waals surface area contributed by atoms with E-state index in [0.29, 0.717) is 17.0 Å². The number of hydrogen-bond donors (Lipinski definition) is 2. The fourth-order valence-electron chi connectivity index (χ4n) is 1.52. The molecule has 0 atom stereocenters. The number of aromatic nitrogens is 1. The van der Waals surface area contributed by atoms with E-state index in [0.717, 1.165) is 5.56 Å². The molecule has 0 radical (unpaired) electrons. The van der Waals surface area contributed by atoms with Gasteiger partial charge in [0.25, 0.3) is 5.56 Å². The van der Waals surface area contributed by atoms with E-state index in [1.165, 1.54) is 0 Å². The molecular weight excluding hydrogens is 192 g/mol. The van der Waals surface area contributed by atoms with Gasteiger partial charge in [0.1, 0.15) is 5.76 Å². The minimum Gasteiger partial charge on any atom is -0.463 e. The first kappa shape index (κ1) is 9.73. The number of nitrogens with two attached hydrogens (primary N) is 1. The molecule has 3 N–H and O–H groups in total. The molecule has 2 heterocycles. The molecule has 2 aromatic heterocycles. The second-order valence-corrected chi connectivity index (χ2v) is 3.36.